The molecule has 104 valence electrons. The monoisotopic (exact) mass is 289 g/mol. The van der Waals surface area contributed by atoms with Gasteiger partial charge in [0.1, 0.15) is 5.82 Å². The van der Waals surface area contributed by atoms with Gasteiger partial charge in [0.15, 0.2) is 0 Å². The van der Waals surface area contributed by atoms with Gasteiger partial charge in [0.2, 0.25) is 0 Å². The smallest absolute Gasteiger partial charge is 0.123 e. The summed E-state index contributed by atoms with van der Waals surface area (Å²) >= 11 is 6.20. The van der Waals surface area contributed by atoms with Gasteiger partial charge in [0, 0.05) is 23.5 Å². The SMILES string of the molecule is Fc1ccc(Cl)c(CC2(Cc3ccccc3)CNC2)c1. The molecule has 2 aromatic carbocycles. The van der Waals surface area contributed by atoms with E-state index < -0.39 is 0 Å². The zero-order valence-corrected chi connectivity index (χ0v) is 12.0. The minimum atomic E-state index is -0.216. The highest BCUT2D eigenvalue weighted by Crippen LogP contribution is 2.34. The lowest BCUT2D eigenvalue weighted by Gasteiger charge is -2.43. The van der Waals surface area contributed by atoms with E-state index in [9.17, 15) is 4.39 Å². The number of hydrogen-bond acceptors (Lipinski definition) is 1. The lowest BCUT2D eigenvalue weighted by atomic mass is 9.72. The summed E-state index contributed by atoms with van der Waals surface area (Å²) in [5.74, 6) is -0.216. The van der Waals surface area contributed by atoms with Crippen molar-refractivity contribution in [2.45, 2.75) is 12.8 Å². The Bertz CT molecular complexity index is 593. The van der Waals surface area contributed by atoms with Crippen LogP contribution in [0.1, 0.15) is 11.1 Å². The van der Waals surface area contributed by atoms with Crippen LogP contribution in [-0.4, -0.2) is 13.1 Å². The molecule has 1 fully saturated rings. The topological polar surface area (TPSA) is 12.0 Å². The van der Waals surface area contributed by atoms with Crippen LogP contribution in [0.25, 0.3) is 0 Å². The molecule has 20 heavy (non-hydrogen) atoms. The van der Waals surface area contributed by atoms with E-state index in [-0.39, 0.29) is 11.2 Å². The van der Waals surface area contributed by atoms with Crippen molar-refractivity contribution in [1.82, 2.24) is 5.32 Å². The van der Waals surface area contributed by atoms with E-state index in [4.69, 9.17) is 11.6 Å². The molecule has 0 atom stereocenters. The van der Waals surface area contributed by atoms with Crippen molar-refractivity contribution in [3.63, 3.8) is 0 Å². The highest BCUT2D eigenvalue weighted by molar-refractivity contribution is 6.31. The summed E-state index contributed by atoms with van der Waals surface area (Å²) in [4.78, 5) is 0. The Morgan fingerprint density at radius 2 is 1.80 bits per heavy atom. The van der Waals surface area contributed by atoms with Gasteiger partial charge in [-0.15, -0.1) is 0 Å². The fraction of sp³-hybridized carbons (Fsp3) is 0.294. The van der Waals surface area contributed by atoms with E-state index in [1.165, 1.54) is 11.6 Å². The highest BCUT2D eigenvalue weighted by atomic mass is 35.5. The van der Waals surface area contributed by atoms with Gasteiger partial charge in [0.25, 0.3) is 0 Å². The van der Waals surface area contributed by atoms with Crippen molar-refractivity contribution >= 4 is 11.6 Å². The molecule has 0 radical (unpaired) electrons. The number of halogens is 2. The van der Waals surface area contributed by atoms with Gasteiger partial charge < -0.3 is 5.32 Å². The minimum absolute atomic E-state index is 0.152. The standard InChI is InChI=1S/C17H17ClFN/c18-16-7-6-15(19)8-14(16)10-17(11-20-12-17)9-13-4-2-1-3-5-13/h1-8,20H,9-12H2. The second kappa shape index (κ2) is 5.55. The first-order chi connectivity index (χ1) is 9.67. The summed E-state index contributed by atoms with van der Waals surface area (Å²) in [6.45, 7) is 1.91. The van der Waals surface area contributed by atoms with Crippen LogP contribution in [-0.2, 0) is 12.8 Å². The van der Waals surface area contributed by atoms with Gasteiger partial charge in [-0.2, -0.15) is 0 Å². The maximum absolute atomic E-state index is 13.4. The van der Waals surface area contributed by atoms with E-state index in [0.717, 1.165) is 31.5 Å². The average molecular weight is 290 g/mol. The van der Waals surface area contributed by atoms with Crippen LogP contribution in [0, 0.1) is 11.2 Å². The van der Waals surface area contributed by atoms with Crippen molar-refractivity contribution in [3.8, 4) is 0 Å². The van der Waals surface area contributed by atoms with Crippen LogP contribution in [0.5, 0.6) is 0 Å². The fourth-order valence-corrected chi connectivity index (χ4v) is 3.09. The van der Waals surface area contributed by atoms with Crippen LogP contribution >= 0.6 is 11.6 Å². The van der Waals surface area contributed by atoms with Gasteiger partial charge in [-0.3, -0.25) is 0 Å². The first-order valence-electron chi connectivity index (χ1n) is 6.86. The van der Waals surface area contributed by atoms with Gasteiger partial charge in [-0.25, -0.2) is 4.39 Å². The summed E-state index contributed by atoms with van der Waals surface area (Å²) in [6.07, 6.45) is 1.80. The van der Waals surface area contributed by atoms with Crippen LogP contribution in [0.15, 0.2) is 48.5 Å². The zero-order valence-electron chi connectivity index (χ0n) is 11.2. The van der Waals surface area contributed by atoms with Crippen LogP contribution < -0.4 is 5.32 Å². The summed E-state index contributed by atoms with van der Waals surface area (Å²) in [6, 6.07) is 15.1. The first kappa shape index (κ1) is 13.6. The zero-order chi connectivity index (χ0) is 14.0. The van der Waals surface area contributed by atoms with Gasteiger partial charge in [-0.1, -0.05) is 41.9 Å². The maximum Gasteiger partial charge on any atom is 0.123 e. The molecule has 1 aliphatic heterocycles. The Balaban J connectivity index is 1.81. The molecular weight excluding hydrogens is 273 g/mol. The average Bonchev–Trinajstić information content (AvgIpc) is 2.41. The number of nitrogens with one attached hydrogen (secondary N) is 1. The molecule has 1 N–H and O–H groups in total. The number of benzene rings is 2. The summed E-state index contributed by atoms with van der Waals surface area (Å²) < 4.78 is 13.4. The van der Waals surface area contributed by atoms with Crippen molar-refractivity contribution in [2.24, 2.45) is 5.41 Å². The molecule has 0 amide bonds. The number of hydrogen-bond donors (Lipinski definition) is 1. The Kier molecular flexibility index (Phi) is 3.77. The van der Waals surface area contributed by atoms with Crippen LogP contribution in [0.2, 0.25) is 5.02 Å². The van der Waals surface area contributed by atoms with Crippen LogP contribution in [0.3, 0.4) is 0 Å². The number of rotatable bonds is 4. The predicted molar refractivity (Wildman–Crippen MR) is 80.6 cm³/mol. The highest BCUT2D eigenvalue weighted by Gasteiger charge is 2.37. The van der Waals surface area contributed by atoms with E-state index in [0.29, 0.717) is 5.02 Å². The van der Waals surface area contributed by atoms with E-state index in [2.05, 4.69) is 29.6 Å². The molecule has 1 nitrogen and oxygen atoms in total. The van der Waals surface area contributed by atoms with Crippen molar-refractivity contribution in [1.29, 1.82) is 0 Å². The summed E-state index contributed by atoms with van der Waals surface area (Å²) in [7, 11) is 0. The molecule has 0 unspecified atom stereocenters. The van der Waals surface area contributed by atoms with E-state index >= 15 is 0 Å². The molecule has 1 heterocycles. The Morgan fingerprint density at radius 1 is 1.05 bits per heavy atom. The molecule has 0 bridgehead atoms. The molecule has 0 aromatic heterocycles. The Hall–Kier alpha value is -1.38. The molecule has 0 spiro atoms. The first-order valence-corrected chi connectivity index (χ1v) is 7.23. The maximum atomic E-state index is 13.4. The fourth-order valence-electron chi connectivity index (χ4n) is 2.90. The third kappa shape index (κ3) is 2.87. The Morgan fingerprint density at radius 3 is 2.45 bits per heavy atom. The summed E-state index contributed by atoms with van der Waals surface area (Å²) in [5, 5.41) is 4.00. The van der Waals surface area contributed by atoms with Crippen molar-refractivity contribution in [3.05, 3.63) is 70.5 Å². The van der Waals surface area contributed by atoms with Crippen LogP contribution in [0.4, 0.5) is 4.39 Å². The van der Waals surface area contributed by atoms with Gasteiger partial charge in [0.05, 0.1) is 0 Å². The second-order valence-electron chi connectivity index (χ2n) is 5.68. The third-order valence-corrected chi connectivity index (χ3v) is 4.36. The molecular formula is C17H17ClFN. The molecule has 1 saturated heterocycles. The lowest BCUT2D eigenvalue weighted by Crippen LogP contribution is -2.56. The summed E-state index contributed by atoms with van der Waals surface area (Å²) in [5.41, 5.74) is 2.38. The Labute approximate surface area is 123 Å². The van der Waals surface area contributed by atoms with Gasteiger partial charge in [-0.05, 0) is 42.2 Å². The largest absolute Gasteiger partial charge is 0.315 e. The second-order valence-corrected chi connectivity index (χ2v) is 6.09. The predicted octanol–water partition coefficient (Wildman–Crippen LogP) is 3.85. The van der Waals surface area contributed by atoms with Crippen molar-refractivity contribution < 1.29 is 4.39 Å². The molecule has 0 saturated carbocycles. The van der Waals surface area contributed by atoms with Gasteiger partial charge >= 0.3 is 0 Å². The molecule has 3 rings (SSSR count). The molecule has 3 heteroatoms. The molecule has 2 aromatic rings. The van der Waals surface area contributed by atoms with E-state index in [1.807, 2.05) is 6.07 Å². The quantitative estimate of drug-likeness (QED) is 0.901. The van der Waals surface area contributed by atoms with Crippen molar-refractivity contribution in [2.75, 3.05) is 13.1 Å². The van der Waals surface area contributed by atoms with E-state index in [1.54, 1.807) is 12.1 Å². The normalized spacial score (nSPS) is 16.7. The lowest BCUT2D eigenvalue weighted by molar-refractivity contribution is 0.166. The third-order valence-electron chi connectivity index (χ3n) is 4.00. The minimum Gasteiger partial charge on any atom is -0.315 e. The molecule has 0 aliphatic carbocycles. The molecule has 1 aliphatic rings.